The van der Waals surface area contributed by atoms with Crippen LogP contribution in [-0.4, -0.2) is 66.1 Å². The number of anilines is 1. The Morgan fingerprint density at radius 1 is 0.850 bits per heavy atom. The van der Waals surface area contributed by atoms with Gasteiger partial charge >= 0.3 is 0 Å². The topological polar surface area (TPSA) is 122 Å². The molecule has 214 valence electrons. The summed E-state index contributed by atoms with van der Waals surface area (Å²) < 4.78 is 64.8. The molecule has 0 bridgehead atoms. The molecule has 3 aromatic carbocycles. The predicted molar refractivity (Wildman–Crippen MR) is 153 cm³/mol. The Bertz CT molecular complexity index is 1490. The van der Waals surface area contributed by atoms with Gasteiger partial charge in [-0.1, -0.05) is 36.8 Å². The fourth-order valence-corrected chi connectivity index (χ4v) is 6.63. The maximum Gasteiger partial charge on any atom is 0.243 e. The van der Waals surface area contributed by atoms with Gasteiger partial charge in [0.05, 0.1) is 23.4 Å². The highest BCUT2D eigenvalue weighted by Gasteiger charge is 2.26. The Balaban J connectivity index is 1.32. The van der Waals surface area contributed by atoms with E-state index in [1.807, 2.05) is 6.07 Å². The number of amides is 1. The number of nitrogens with one attached hydrogen (secondary N) is 1. The lowest BCUT2D eigenvalue weighted by Crippen LogP contribution is -2.41. The van der Waals surface area contributed by atoms with Gasteiger partial charge in [-0.3, -0.25) is 9.10 Å². The lowest BCUT2D eigenvalue weighted by molar-refractivity contribution is -0.119. The van der Waals surface area contributed by atoms with Crippen LogP contribution < -0.4 is 19.1 Å². The van der Waals surface area contributed by atoms with Crippen LogP contribution in [-0.2, 0) is 24.8 Å². The van der Waals surface area contributed by atoms with Gasteiger partial charge in [-0.05, 0) is 61.4 Å². The number of benzene rings is 3. The number of hydrogen-bond donors (Lipinski definition) is 1. The summed E-state index contributed by atoms with van der Waals surface area (Å²) in [4.78, 5) is 12.9. The minimum Gasteiger partial charge on any atom is -0.492 e. The third-order valence-corrected chi connectivity index (χ3v) is 9.30. The SMILES string of the molecule is CS(=O)(=O)N(CC(=O)NCCOc1ccc(S(=O)(=O)N2CCCCC2)cc1)c1ccccc1Oc1ccccc1. The second-order valence-electron chi connectivity index (χ2n) is 9.29. The molecule has 1 aliphatic heterocycles. The molecule has 0 aliphatic carbocycles. The summed E-state index contributed by atoms with van der Waals surface area (Å²) in [5.74, 6) is 0.756. The fraction of sp³-hybridized carbons (Fsp3) is 0.321. The summed E-state index contributed by atoms with van der Waals surface area (Å²) >= 11 is 0. The minimum atomic E-state index is -3.82. The van der Waals surface area contributed by atoms with E-state index in [-0.39, 0.29) is 23.7 Å². The average Bonchev–Trinajstić information content (AvgIpc) is 2.95. The first-order chi connectivity index (χ1) is 19.1. The van der Waals surface area contributed by atoms with Gasteiger partial charge in [0.1, 0.15) is 24.7 Å². The molecule has 1 heterocycles. The molecule has 0 unspecified atom stereocenters. The number of para-hydroxylation sites is 3. The lowest BCUT2D eigenvalue weighted by atomic mass is 10.2. The number of piperidine rings is 1. The summed E-state index contributed by atoms with van der Waals surface area (Å²) in [5, 5.41) is 2.66. The van der Waals surface area contributed by atoms with Crippen molar-refractivity contribution in [2.24, 2.45) is 0 Å². The van der Waals surface area contributed by atoms with Crippen molar-refractivity contribution >= 4 is 31.6 Å². The van der Waals surface area contributed by atoms with E-state index >= 15 is 0 Å². The molecule has 1 saturated heterocycles. The summed E-state index contributed by atoms with van der Waals surface area (Å²) in [6.45, 7) is 0.839. The molecule has 4 rings (SSSR count). The summed E-state index contributed by atoms with van der Waals surface area (Å²) in [6, 6.07) is 21.7. The van der Waals surface area contributed by atoms with Crippen LogP contribution in [0, 0.1) is 0 Å². The molecule has 10 nitrogen and oxygen atoms in total. The molecular weight excluding hydrogens is 554 g/mol. The number of carbonyl (C=O) groups is 1. The molecule has 1 aliphatic rings. The van der Waals surface area contributed by atoms with Crippen LogP contribution in [0.1, 0.15) is 19.3 Å². The van der Waals surface area contributed by atoms with E-state index in [0.29, 0.717) is 30.3 Å². The van der Waals surface area contributed by atoms with Crippen molar-refractivity contribution in [2.45, 2.75) is 24.2 Å². The van der Waals surface area contributed by atoms with E-state index in [4.69, 9.17) is 9.47 Å². The predicted octanol–water partition coefficient (Wildman–Crippen LogP) is 3.61. The number of ether oxygens (including phenoxy) is 2. The number of sulfonamides is 2. The molecule has 1 amide bonds. The molecule has 0 atom stereocenters. The van der Waals surface area contributed by atoms with Gasteiger partial charge in [-0.2, -0.15) is 4.31 Å². The maximum atomic E-state index is 12.8. The Morgan fingerprint density at radius 3 is 2.17 bits per heavy atom. The Hall–Kier alpha value is -3.61. The standard InChI is InChI=1S/C28H33N3O7S2/c1-39(33,34)31(26-12-6-7-13-27(26)38-24-10-4-2-5-11-24)22-28(32)29-18-21-37-23-14-16-25(17-15-23)40(35,36)30-19-8-3-9-20-30/h2,4-7,10-17H,3,8-9,18-22H2,1H3,(H,29,32). The smallest absolute Gasteiger partial charge is 0.243 e. The van der Waals surface area contributed by atoms with Crippen molar-refractivity contribution in [2.75, 3.05) is 43.3 Å². The van der Waals surface area contributed by atoms with Gasteiger partial charge in [-0.25, -0.2) is 16.8 Å². The van der Waals surface area contributed by atoms with Crippen molar-refractivity contribution in [3.05, 3.63) is 78.9 Å². The van der Waals surface area contributed by atoms with Crippen molar-refractivity contribution in [1.82, 2.24) is 9.62 Å². The fourth-order valence-electron chi connectivity index (χ4n) is 4.25. The Kier molecular flexibility index (Phi) is 9.67. The van der Waals surface area contributed by atoms with E-state index in [1.54, 1.807) is 60.7 Å². The second kappa shape index (κ2) is 13.2. The van der Waals surface area contributed by atoms with E-state index in [0.717, 1.165) is 29.8 Å². The van der Waals surface area contributed by atoms with E-state index in [2.05, 4.69) is 5.32 Å². The third kappa shape index (κ3) is 7.74. The molecule has 0 saturated carbocycles. The minimum absolute atomic E-state index is 0.108. The molecule has 0 spiro atoms. The first-order valence-electron chi connectivity index (χ1n) is 12.9. The number of carbonyl (C=O) groups excluding carboxylic acids is 1. The Morgan fingerprint density at radius 2 is 1.50 bits per heavy atom. The molecule has 3 aromatic rings. The van der Waals surface area contributed by atoms with Crippen LogP contribution in [0.25, 0.3) is 0 Å². The van der Waals surface area contributed by atoms with Gasteiger partial charge in [0.2, 0.25) is 26.0 Å². The van der Waals surface area contributed by atoms with Crippen LogP contribution in [0.5, 0.6) is 17.2 Å². The largest absolute Gasteiger partial charge is 0.492 e. The van der Waals surface area contributed by atoms with E-state index in [1.165, 1.54) is 16.4 Å². The van der Waals surface area contributed by atoms with Crippen LogP contribution in [0.4, 0.5) is 5.69 Å². The van der Waals surface area contributed by atoms with Crippen LogP contribution in [0.15, 0.2) is 83.8 Å². The average molecular weight is 588 g/mol. The first kappa shape index (κ1) is 29.4. The highest BCUT2D eigenvalue weighted by molar-refractivity contribution is 7.92. The van der Waals surface area contributed by atoms with Crippen molar-refractivity contribution in [3.8, 4) is 17.2 Å². The number of hydrogen-bond acceptors (Lipinski definition) is 7. The quantitative estimate of drug-likeness (QED) is 0.321. The number of rotatable bonds is 12. The van der Waals surface area contributed by atoms with E-state index < -0.39 is 32.5 Å². The molecule has 0 aromatic heterocycles. The van der Waals surface area contributed by atoms with Crippen LogP contribution in [0.2, 0.25) is 0 Å². The lowest BCUT2D eigenvalue weighted by Gasteiger charge is -2.25. The van der Waals surface area contributed by atoms with Crippen molar-refractivity contribution in [1.29, 1.82) is 0 Å². The van der Waals surface area contributed by atoms with Gasteiger partial charge in [0, 0.05) is 13.1 Å². The monoisotopic (exact) mass is 587 g/mol. The summed E-state index contributed by atoms with van der Waals surface area (Å²) in [6.07, 6.45) is 3.79. The number of nitrogens with zero attached hydrogens (tertiary/aromatic N) is 2. The second-order valence-corrected chi connectivity index (χ2v) is 13.1. The van der Waals surface area contributed by atoms with Gasteiger partial charge in [0.15, 0.2) is 5.75 Å². The summed E-state index contributed by atoms with van der Waals surface area (Å²) in [5.41, 5.74) is 0.236. The van der Waals surface area contributed by atoms with Gasteiger partial charge in [0.25, 0.3) is 0 Å². The van der Waals surface area contributed by atoms with Gasteiger partial charge in [-0.15, -0.1) is 0 Å². The molecule has 0 radical (unpaired) electrons. The molecule has 12 heteroatoms. The third-order valence-electron chi connectivity index (χ3n) is 6.26. The van der Waals surface area contributed by atoms with Gasteiger partial charge < -0.3 is 14.8 Å². The maximum absolute atomic E-state index is 12.8. The molecule has 1 N–H and O–H groups in total. The molecular formula is C28H33N3O7S2. The van der Waals surface area contributed by atoms with Crippen molar-refractivity contribution in [3.63, 3.8) is 0 Å². The summed E-state index contributed by atoms with van der Waals surface area (Å²) in [7, 11) is -7.34. The highest BCUT2D eigenvalue weighted by Crippen LogP contribution is 2.33. The zero-order valence-electron chi connectivity index (χ0n) is 22.2. The first-order valence-corrected chi connectivity index (χ1v) is 16.2. The zero-order valence-corrected chi connectivity index (χ0v) is 23.9. The Labute approximate surface area is 235 Å². The normalized spacial score (nSPS) is 14.3. The highest BCUT2D eigenvalue weighted by atomic mass is 32.2. The molecule has 40 heavy (non-hydrogen) atoms. The molecule has 1 fully saturated rings. The van der Waals surface area contributed by atoms with Crippen LogP contribution in [0.3, 0.4) is 0 Å². The van der Waals surface area contributed by atoms with Crippen molar-refractivity contribution < 1.29 is 31.1 Å². The van der Waals surface area contributed by atoms with Crippen LogP contribution >= 0.6 is 0 Å². The van der Waals surface area contributed by atoms with E-state index in [9.17, 15) is 21.6 Å². The zero-order chi connectivity index (χ0) is 28.6.